The van der Waals surface area contributed by atoms with Gasteiger partial charge in [0.2, 0.25) is 5.91 Å². The second kappa shape index (κ2) is 7.38. The van der Waals surface area contributed by atoms with E-state index < -0.39 is 0 Å². The van der Waals surface area contributed by atoms with Gasteiger partial charge in [-0.1, -0.05) is 6.92 Å². The Labute approximate surface area is 122 Å². The van der Waals surface area contributed by atoms with Crippen molar-refractivity contribution in [3.05, 3.63) is 0 Å². The van der Waals surface area contributed by atoms with Crippen LogP contribution in [-0.2, 0) is 9.53 Å². The largest absolute Gasteiger partial charge is 0.379 e. The molecule has 2 fully saturated rings. The third kappa shape index (κ3) is 4.43. The first-order valence-corrected chi connectivity index (χ1v) is 7.92. The van der Waals surface area contributed by atoms with Crippen molar-refractivity contribution in [3.8, 4) is 0 Å². The van der Waals surface area contributed by atoms with E-state index in [9.17, 15) is 4.79 Å². The van der Waals surface area contributed by atoms with Gasteiger partial charge >= 0.3 is 0 Å². The molecule has 5 nitrogen and oxygen atoms in total. The fourth-order valence-electron chi connectivity index (χ4n) is 3.29. The summed E-state index contributed by atoms with van der Waals surface area (Å²) in [5.41, 5.74) is 6.00. The average molecular weight is 283 g/mol. The summed E-state index contributed by atoms with van der Waals surface area (Å²) in [5, 5.41) is 3.17. The molecule has 4 unspecified atom stereocenters. The predicted molar refractivity (Wildman–Crippen MR) is 79.3 cm³/mol. The summed E-state index contributed by atoms with van der Waals surface area (Å²) in [5.74, 6) is 0.727. The Kier molecular flexibility index (Phi) is 5.81. The lowest BCUT2D eigenvalue weighted by atomic mass is 9.77. The van der Waals surface area contributed by atoms with E-state index in [1.165, 1.54) is 0 Å². The fraction of sp³-hybridized carbons (Fsp3) is 0.933. The zero-order valence-corrected chi connectivity index (χ0v) is 12.8. The van der Waals surface area contributed by atoms with E-state index in [2.05, 4.69) is 24.1 Å². The van der Waals surface area contributed by atoms with Crippen molar-refractivity contribution < 1.29 is 9.53 Å². The highest BCUT2D eigenvalue weighted by Gasteiger charge is 2.31. The van der Waals surface area contributed by atoms with Crippen LogP contribution in [0.15, 0.2) is 0 Å². The second-order valence-corrected chi connectivity index (χ2v) is 6.48. The first-order valence-electron chi connectivity index (χ1n) is 7.92. The first-order chi connectivity index (χ1) is 9.56. The third-order valence-corrected chi connectivity index (χ3v) is 4.60. The molecular weight excluding hydrogens is 254 g/mol. The van der Waals surface area contributed by atoms with Crippen molar-refractivity contribution in [2.24, 2.45) is 17.6 Å². The SMILES string of the molecule is CC(CN1CCOCC1)NC(=O)C1CC(N)CCC1C. The molecule has 1 aliphatic heterocycles. The van der Waals surface area contributed by atoms with Gasteiger partial charge in [0.25, 0.3) is 0 Å². The molecule has 0 aromatic rings. The van der Waals surface area contributed by atoms with Gasteiger partial charge in [0.05, 0.1) is 13.2 Å². The normalized spacial score (nSPS) is 33.6. The van der Waals surface area contributed by atoms with Crippen LogP contribution in [0, 0.1) is 11.8 Å². The molecule has 1 aliphatic carbocycles. The molecule has 5 heteroatoms. The highest BCUT2D eigenvalue weighted by Crippen LogP contribution is 2.29. The Hall–Kier alpha value is -0.650. The minimum Gasteiger partial charge on any atom is -0.379 e. The van der Waals surface area contributed by atoms with Crippen molar-refractivity contribution in [2.75, 3.05) is 32.8 Å². The number of nitrogens with zero attached hydrogens (tertiary/aromatic N) is 1. The van der Waals surface area contributed by atoms with Crippen LogP contribution in [0.1, 0.15) is 33.1 Å². The van der Waals surface area contributed by atoms with Crippen molar-refractivity contribution in [1.29, 1.82) is 0 Å². The van der Waals surface area contributed by atoms with Crippen LogP contribution < -0.4 is 11.1 Å². The molecule has 3 N–H and O–H groups in total. The van der Waals surface area contributed by atoms with Gasteiger partial charge in [-0.05, 0) is 32.1 Å². The van der Waals surface area contributed by atoms with Gasteiger partial charge in [0, 0.05) is 37.6 Å². The van der Waals surface area contributed by atoms with Crippen LogP contribution >= 0.6 is 0 Å². The van der Waals surface area contributed by atoms with E-state index in [-0.39, 0.29) is 23.9 Å². The van der Waals surface area contributed by atoms with E-state index in [0.29, 0.717) is 5.92 Å². The van der Waals surface area contributed by atoms with Gasteiger partial charge in [-0.25, -0.2) is 0 Å². The molecule has 1 amide bonds. The lowest BCUT2D eigenvalue weighted by molar-refractivity contribution is -0.128. The monoisotopic (exact) mass is 283 g/mol. The summed E-state index contributed by atoms with van der Waals surface area (Å²) < 4.78 is 5.34. The van der Waals surface area contributed by atoms with E-state index in [1.54, 1.807) is 0 Å². The molecule has 2 rings (SSSR count). The molecule has 116 valence electrons. The maximum absolute atomic E-state index is 12.4. The molecule has 1 heterocycles. The van der Waals surface area contributed by atoms with Gasteiger partial charge in [0.1, 0.15) is 0 Å². The van der Waals surface area contributed by atoms with Gasteiger partial charge in [-0.2, -0.15) is 0 Å². The van der Waals surface area contributed by atoms with Crippen LogP contribution in [0.4, 0.5) is 0 Å². The van der Waals surface area contributed by atoms with Gasteiger partial charge < -0.3 is 15.8 Å². The molecule has 1 saturated carbocycles. The maximum Gasteiger partial charge on any atom is 0.223 e. The summed E-state index contributed by atoms with van der Waals surface area (Å²) in [4.78, 5) is 14.7. The van der Waals surface area contributed by atoms with E-state index >= 15 is 0 Å². The Morgan fingerprint density at radius 2 is 2.10 bits per heavy atom. The molecule has 0 bridgehead atoms. The minimum atomic E-state index is 0.0888. The summed E-state index contributed by atoms with van der Waals surface area (Å²) in [6.45, 7) is 8.69. The summed E-state index contributed by atoms with van der Waals surface area (Å²) in [6.07, 6.45) is 2.95. The van der Waals surface area contributed by atoms with Crippen molar-refractivity contribution in [2.45, 2.75) is 45.2 Å². The number of nitrogens with one attached hydrogen (secondary N) is 1. The summed E-state index contributed by atoms with van der Waals surface area (Å²) >= 11 is 0. The van der Waals surface area contributed by atoms with Gasteiger partial charge in [-0.3, -0.25) is 9.69 Å². The zero-order valence-electron chi connectivity index (χ0n) is 12.8. The molecular formula is C15H29N3O2. The third-order valence-electron chi connectivity index (χ3n) is 4.60. The highest BCUT2D eigenvalue weighted by molar-refractivity contribution is 5.79. The molecule has 20 heavy (non-hydrogen) atoms. The van der Waals surface area contributed by atoms with E-state index in [0.717, 1.165) is 52.1 Å². The molecule has 0 aromatic carbocycles. The number of hydrogen-bond donors (Lipinski definition) is 2. The quantitative estimate of drug-likeness (QED) is 0.792. The van der Waals surface area contributed by atoms with Crippen molar-refractivity contribution in [3.63, 3.8) is 0 Å². The predicted octanol–water partition coefficient (Wildman–Crippen LogP) is 0.587. The Bertz CT molecular complexity index is 318. The standard InChI is InChI=1S/C15H29N3O2/c1-11-3-4-13(16)9-14(11)15(19)17-12(2)10-18-5-7-20-8-6-18/h11-14H,3-10,16H2,1-2H3,(H,17,19). The van der Waals surface area contributed by atoms with Crippen molar-refractivity contribution in [1.82, 2.24) is 10.2 Å². The maximum atomic E-state index is 12.4. The van der Waals surface area contributed by atoms with Crippen LogP contribution in [0.25, 0.3) is 0 Å². The smallest absolute Gasteiger partial charge is 0.223 e. The summed E-state index contributed by atoms with van der Waals surface area (Å²) in [6, 6.07) is 0.377. The molecule has 0 aromatic heterocycles. The van der Waals surface area contributed by atoms with Crippen LogP contribution in [0.3, 0.4) is 0 Å². The topological polar surface area (TPSA) is 67.6 Å². The van der Waals surface area contributed by atoms with Gasteiger partial charge in [-0.15, -0.1) is 0 Å². The number of hydrogen-bond acceptors (Lipinski definition) is 4. The van der Waals surface area contributed by atoms with Crippen LogP contribution in [0.5, 0.6) is 0 Å². The number of amides is 1. The zero-order chi connectivity index (χ0) is 14.5. The Morgan fingerprint density at radius 1 is 1.40 bits per heavy atom. The lowest BCUT2D eigenvalue weighted by Crippen LogP contribution is -2.49. The highest BCUT2D eigenvalue weighted by atomic mass is 16.5. The Morgan fingerprint density at radius 3 is 2.80 bits per heavy atom. The molecule has 0 radical (unpaired) electrons. The lowest BCUT2D eigenvalue weighted by Gasteiger charge is -2.33. The molecule has 0 spiro atoms. The molecule has 2 aliphatic rings. The van der Waals surface area contributed by atoms with Crippen LogP contribution in [0.2, 0.25) is 0 Å². The average Bonchev–Trinajstić information content (AvgIpc) is 2.42. The van der Waals surface area contributed by atoms with E-state index in [1.807, 2.05) is 0 Å². The van der Waals surface area contributed by atoms with Gasteiger partial charge in [0.15, 0.2) is 0 Å². The number of carbonyl (C=O) groups excluding carboxylic acids is 1. The van der Waals surface area contributed by atoms with E-state index in [4.69, 9.17) is 10.5 Å². The number of carbonyl (C=O) groups is 1. The van der Waals surface area contributed by atoms with Crippen LogP contribution in [-0.4, -0.2) is 55.7 Å². The Balaban J connectivity index is 1.77. The number of rotatable bonds is 4. The molecule has 1 saturated heterocycles. The number of nitrogens with two attached hydrogens (primary N) is 1. The number of morpholine rings is 1. The molecule has 4 atom stereocenters. The summed E-state index contributed by atoms with van der Waals surface area (Å²) in [7, 11) is 0. The fourth-order valence-corrected chi connectivity index (χ4v) is 3.29. The minimum absolute atomic E-state index is 0.0888. The number of ether oxygens (including phenoxy) is 1. The second-order valence-electron chi connectivity index (χ2n) is 6.48. The van der Waals surface area contributed by atoms with Crippen molar-refractivity contribution >= 4 is 5.91 Å². The first kappa shape index (κ1) is 15.7.